The normalized spacial score (nSPS) is 15.2. The molecule has 1 N–H and O–H groups in total. The minimum absolute atomic E-state index is 0.0275. The average Bonchev–Trinajstić information content (AvgIpc) is 3.21. The van der Waals surface area contributed by atoms with Gasteiger partial charge in [0.05, 0.1) is 29.8 Å². The maximum atomic E-state index is 13.5. The molecule has 3 aromatic carbocycles. The van der Waals surface area contributed by atoms with Gasteiger partial charge in [0.2, 0.25) is 0 Å². The molecule has 29 heavy (non-hydrogen) atoms. The lowest BCUT2D eigenvalue weighted by atomic mass is 10.0. The summed E-state index contributed by atoms with van der Waals surface area (Å²) >= 11 is 0. The molecule has 5 rings (SSSR count). The molecule has 0 radical (unpaired) electrons. The number of morpholine rings is 1. The molecule has 1 aliphatic heterocycles. The second-order valence-corrected chi connectivity index (χ2v) is 7.13. The van der Waals surface area contributed by atoms with E-state index in [2.05, 4.69) is 23.2 Å². The molecular weight excluding hydrogens is 362 g/mol. The van der Waals surface area contributed by atoms with Gasteiger partial charge in [-0.1, -0.05) is 54.6 Å². The van der Waals surface area contributed by atoms with Crippen molar-refractivity contribution >= 4 is 39.4 Å². The summed E-state index contributed by atoms with van der Waals surface area (Å²) in [5.41, 5.74) is 3.34. The fourth-order valence-electron chi connectivity index (χ4n) is 3.78. The highest BCUT2D eigenvalue weighted by molar-refractivity contribution is 6.24. The standard InChI is InChI=1S/C24H21N3O2/c28-24(27-12-14-29-15-13-27)20(23-25-21-10-3-4-11-22(21)26-23)16-18-8-5-7-17-6-1-2-9-19(17)18/h1-11,16H,12-15H2,(H,25,26)/b20-16+. The molecule has 5 heteroatoms. The van der Waals surface area contributed by atoms with E-state index in [4.69, 9.17) is 9.72 Å². The third kappa shape index (κ3) is 3.41. The van der Waals surface area contributed by atoms with Crippen molar-refractivity contribution < 1.29 is 9.53 Å². The van der Waals surface area contributed by atoms with E-state index in [0.717, 1.165) is 27.4 Å². The first-order valence-electron chi connectivity index (χ1n) is 9.81. The number of hydrogen-bond donors (Lipinski definition) is 1. The summed E-state index contributed by atoms with van der Waals surface area (Å²) in [6.45, 7) is 2.30. The lowest BCUT2D eigenvalue weighted by Gasteiger charge is -2.27. The highest BCUT2D eigenvalue weighted by atomic mass is 16.5. The van der Waals surface area contributed by atoms with Crippen LogP contribution in [0.1, 0.15) is 11.4 Å². The van der Waals surface area contributed by atoms with Crippen LogP contribution in [-0.2, 0) is 9.53 Å². The van der Waals surface area contributed by atoms with Crippen LogP contribution in [-0.4, -0.2) is 47.1 Å². The third-order valence-electron chi connectivity index (χ3n) is 5.30. The Morgan fingerprint density at radius 2 is 1.72 bits per heavy atom. The maximum absolute atomic E-state index is 13.5. The summed E-state index contributed by atoms with van der Waals surface area (Å²) < 4.78 is 5.42. The molecule has 0 aliphatic carbocycles. The van der Waals surface area contributed by atoms with E-state index in [1.165, 1.54) is 0 Å². The first-order valence-corrected chi connectivity index (χ1v) is 9.81. The Labute approximate surface area is 168 Å². The van der Waals surface area contributed by atoms with Crippen molar-refractivity contribution in [3.63, 3.8) is 0 Å². The first-order chi connectivity index (χ1) is 14.3. The molecule has 4 aromatic rings. The van der Waals surface area contributed by atoms with Gasteiger partial charge in [-0.3, -0.25) is 4.79 Å². The van der Waals surface area contributed by atoms with Crippen molar-refractivity contribution in [3.8, 4) is 0 Å². The van der Waals surface area contributed by atoms with E-state index in [-0.39, 0.29) is 5.91 Å². The number of nitrogens with one attached hydrogen (secondary N) is 1. The Balaban J connectivity index is 1.66. The molecule has 1 amide bonds. The number of nitrogens with zero attached hydrogens (tertiary/aromatic N) is 2. The predicted molar refractivity (Wildman–Crippen MR) is 115 cm³/mol. The van der Waals surface area contributed by atoms with Gasteiger partial charge in [-0.25, -0.2) is 4.98 Å². The van der Waals surface area contributed by atoms with Crippen molar-refractivity contribution in [1.82, 2.24) is 14.9 Å². The van der Waals surface area contributed by atoms with Crippen LogP contribution < -0.4 is 0 Å². The topological polar surface area (TPSA) is 58.2 Å². The van der Waals surface area contributed by atoms with Crippen LogP contribution in [0.5, 0.6) is 0 Å². The van der Waals surface area contributed by atoms with Gasteiger partial charge in [-0.2, -0.15) is 0 Å². The Morgan fingerprint density at radius 1 is 0.966 bits per heavy atom. The van der Waals surface area contributed by atoms with Crippen LogP contribution in [0, 0.1) is 0 Å². The SMILES string of the molecule is O=C(/C(=C/c1cccc2ccccc12)c1nc2ccccc2[nH]1)N1CCOCC1. The number of benzene rings is 3. The lowest BCUT2D eigenvalue weighted by Crippen LogP contribution is -2.41. The molecule has 1 saturated heterocycles. The summed E-state index contributed by atoms with van der Waals surface area (Å²) in [7, 11) is 0. The smallest absolute Gasteiger partial charge is 0.257 e. The van der Waals surface area contributed by atoms with Crippen molar-refractivity contribution in [2.45, 2.75) is 0 Å². The molecule has 144 valence electrons. The number of rotatable bonds is 3. The van der Waals surface area contributed by atoms with Crippen LogP contribution in [0.25, 0.3) is 33.5 Å². The van der Waals surface area contributed by atoms with Crippen molar-refractivity contribution in [2.75, 3.05) is 26.3 Å². The van der Waals surface area contributed by atoms with Gasteiger partial charge in [0, 0.05) is 13.1 Å². The van der Waals surface area contributed by atoms with E-state index in [9.17, 15) is 4.79 Å². The number of H-pyrrole nitrogens is 1. The summed E-state index contributed by atoms with van der Waals surface area (Å²) in [4.78, 5) is 23.3. The number of para-hydroxylation sites is 2. The number of aromatic amines is 1. The van der Waals surface area contributed by atoms with Gasteiger partial charge < -0.3 is 14.6 Å². The average molecular weight is 383 g/mol. The predicted octanol–water partition coefficient (Wildman–Crippen LogP) is 4.12. The van der Waals surface area contributed by atoms with Crippen molar-refractivity contribution in [3.05, 3.63) is 78.1 Å². The number of fused-ring (bicyclic) bond motifs is 2. The molecule has 0 unspecified atom stereocenters. The first kappa shape index (κ1) is 17.6. The van der Waals surface area contributed by atoms with Gasteiger partial charge in [-0.15, -0.1) is 0 Å². The van der Waals surface area contributed by atoms with Crippen molar-refractivity contribution in [2.24, 2.45) is 0 Å². The second-order valence-electron chi connectivity index (χ2n) is 7.13. The summed E-state index contributed by atoms with van der Waals surface area (Å²) in [6.07, 6.45) is 1.96. The van der Waals surface area contributed by atoms with E-state index in [0.29, 0.717) is 37.7 Å². The van der Waals surface area contributed by atoms with Gasteiger partial charge in [0.1, 0.15) is 5.82 Å². The summed E-state index contributed by atoms with van der Waals surface area (Å²) in [5, 5.41) is 2.25. The number of ether oxygens (including phenoxy) is 1. The van der Waals surface area contributed by atoms with Gasteiger partial charge in [0.25, 0.3) is 5.91 Å². The minimum atomic E-state index is -0.0275. The highest BCUT2D eigenvalue weighted by Crippen LogP contribution is 2.26. The van der Waals surface area contributed by atoms with Crippen LogP contribution >= 0.6 is 0 Å². The third-order valence-corrected chi connectivity index (χ3v) is 5.30. The molecule has 1 aliphatic rings. The Bertz CT molecular complexity index is 1180. The summed E-state index contributed by atoms with van der Waals surface area (Å²) in [5.74, 6) is 0.566. The molecule has 2 heterocycles. The summed E-state index contributed by atoms with van der Waals surface area (Å²) in [6, 6.07) is 22.2. The molecular formula is C24H21N3O2. The van der Waals surface area contributed by atoms with Crippen LogP contribution in [0.15, 0.2) is 66.7 Å². The molecule has 0 spiro atoms. The Morgan fingerprint density at radius 3 is 2.59 bits per heavy atom. The Hall–Kier alpha value is -3.44. The van der Waals surface area contributed by atoms with Gasteiger partial charge in [-0.05, 0) is 34.5 Å². The molecule has 5 nitrogen and oxygen atoms in total. The van der Waals surface area contributed by atoms with Crippen molar-refractivity contribution in [1.29, 1.82) is 0 Å². The highest BCUT2D eigenvalue weighted by Gasteiger charge is 2.24. The molecule has 0 bridgehead atoms. The quantitative estimate of drug-likeness (QED) is 0.542. The number of carbonyl (C=O) groups is 1. The van der Waals surface area contributed by atoms with Gasteiger partial charge >= 0.3 is 0 Å². The Kier molecular flexibility index (Phi) is 4.58. The molecule has 0 atom stereocenters. The lowest BCUT2D eigenvalue weighted by molar-refractivity contribution is -0.128. The van der Waals surface area contributed by atoms with Crippen LogP contribution in [0.4, 0.5) is 0 Å². The second kappa shape index (κ2) is 7.53. The monoisotopic (exact) mass is 383 g/mol. The number of hydrogen-bond acceptors (Lipinski definition) is 3. The largest absolute Gasteiger partial charge is 0.378 e. The number of carbonyl (C=O) groups excluding carboxylic acids is 1. The zero-order valence-electron chi connectivity index (χ0n) is 16.0. The van der Waals surface area contributed by atoms with Crippen LogP contribution in [0.2, 0.25) is 0 Å². The van der Waals surface area contributed by atoms with E-state index in [1.54, 1.807) is 0 Å². The fourth-order valence-corrected chi connectivity index (χ4v) is 3.78. The molecule has 1 fully saturated rings. The number of aromatic nitrogens is 2. The molecule has 0 saturated carbocycles. The zero-order valence-corrected chi connectivity index (χ0v) is 16.0. The van der Waals surface area contributed by atoms with E-state index < -0.39 is 0 Å². The van der Waals surface area contributed by atoms with Gasteiger partial charge in [0.15, 0.2) is 0 Å². The minimum Gasteiger partial charge on any atom is -0.378 e. The maximum Gasteiger partial charge on any atom is 0.257 e. The zero-order chi connectivity index (χ0) is 19.6. The van der Waals surface area contributed by atoms with E-state index >= 15 is 0 Å². The molecule has 1 aromatic heterocycles. The fraction of sp³-hybridized carbons (Fsp3) is 0.167. The van der Waals surface area contributed by atoms with Crippen LogP contribution in [0.3, 0.4) is 0 Å². The number of imidazole rings is 1. The number of amides is 1. The van der Waals surface area contributed by atoms with E-state index in [1.807, 2.05) is 59.5 Å².